The molecule has 0 aliphatic carbocycles. The van der Waals surface area contributed by atoms with Gasteiger partial charge in [0, 0.05) is 12.0 Å². The first-order valence-electron chi connectivity index (χ1n) is 9.42. The molecule has 1 aliphatic rings. The largest absolute Gasteiger partial charge is 0.459 e. The van der Waals surface area contributed by atoms with E-state index in [1.54, 1.807) is 30.3 Å². The number of aliphatic hydroxyl groups excluding tert-OH is 1. The second kappa shape index (κ2) is 10.7. The maximum Gasteiger partial charge on any atom is 0.338 e. The Bertz CT molecular complexity index is 860. The molecule has 1 aliphatic heterocycles. The Morgan fingerprint density at radius 2 is 1.83 bits per heavy atom. The molecule has 2 aromatic rings. The highest BCUT2D eigenvalue weighted by Gasteiger charge is 2.46. The topological polar surface area (TPSA) is 123 Å². The van der Waals surface area contributed by atoms with Crippen molar-refractivity contribution in [1.29, 1.82) is 0 Å². The molecule has 1 N–H and O–H groups in total. The SMILES string of the molecule is CO[C@H]1OC(COC(=O)c2ccccc2)C(O)[C@@H](OCc2ccccc2)C1N=[N+]=[N-]. The van der Waals surface area contributed by atoms with Crippen LogP contribution in [0.4, 0.5) is 0 Å². The summed E-state index contributed by atoms with van der Waals surface area (Å²) in [5.41, 5.74) is 10.2. The van der Waals surface area contributed by atoms with Gasteiger partial charge in [-0.15, -0.1) is 0 Å². The van der Waals surface area contributed by atoms with Crippen molar-refractivity contribution in [3.8, 4) is 0 Å². The van der Waals surface area contributed by atoms with Gasteiger partial charge in [0.15, 0.2) is 6.29 Å². The molecular weight excluding hydrogens is 390 g/mol. The van der Waals surface area contributed by atoms with Crippen LogP contribution in [0.1, 0.15) is 15.9 Å². The van der Waals surface area contributed by atoms with Gasteiger partial charge in [-0.2, -0.15) is 0 Å². The van der Waals surface area contributed by atoms with Crippen molar-refractivity contribution in [2.24, 2.45) is 5.11 Å². The van der Waals surface area contributed by atoms with Gasteiger partial charge in [0.05, 0.1) is 18.3 Å². The molecular formula is C21H23N3O6. The number of carbonyl (C=O) groups excluding carboxylic acids is 1. The van der Waals surface area contributed by atoms with Crippen LogP contribution in [0.2, 0.25) is 0 Å². The number of hydrogen-bond donors (Lipinski definition) is 1. The number of hydrogen-bond acceptors (Lipinski definition) is 7. The summed E-state index contributed by atoms with van der Waals surface area (Å²) in [7, 11) is 1.39. The molecule has 9 heteroatoms. The van der Waals surface area contributed by atoms with Crippen molar-refractivity contribution >= 4 is 5.97 Å². The van der Waals surface area contributed by atoms with Crippen LogP contribution in [0.15, 0.2) is 65.8 Å². The minimum atomic E-state index is -1.21. The molecule has 0 bridgehead atoms. The molecule has 0 saturated carbocycles. The van der Waals surface area contributed by atoms with Gasteiger partial charge in [-0.1, -0.05) is 53.6 Å². The summed E-state index contributed by atoms with van der Waals surface area (Å²) in [6.45, 7) is -0.0318. The molecule has 2 aromatic carbocycles. The third-order valence-corrected chi connectivity index (χ3v) is 4.73. The molecule has 0 spiro atoms. The lowest BCUT2D eigenvalue weighted by molar-refractivity contribution is -0.266. The second-order valence-electron chi connectivity index (χ2n) is 6.69. The smallest absolute Gasteiger partial charge is 0.338 e. The maximum absolute atomic E-state index is 12.2. The Hall–Kier alpha value is -2.94. The maximum atomic E-state index is 12.2. The van der Waals surface area contributed by atoms with Gasteiger partial charge in [-0.25, -0.2) is 4.79 Å². The first-order valence-corrected chi connectivity index (χ1v) is 9.42. The first kappa shape index (κ1) is 21.8. The van der Waals surface area contributed by atoms with Crippen LogP contribution in [-0.2, 0) is 25.6 Å². The molecule has 5 atom stereocenters. The van der Waals surface area contributed by atoms with Crippen molar-refractivity contribution in [3.63, 3.8) is 0 Å². The number of benzene rings is 2. The number of aliphatic hydroxyl groups is 1. The van der Waals surface area contributed by atoms with E-state index < -0.39 is 36.6 Å². The average Bonchev–Trinajstić information content (AvgIpc) is 2.79. The van der Waals surface area contributed by atoms with E-state index >= 15 is 0 Å². The van der Waals surface area contributed by atoms with E-state index in [9.17, 15) is 9.90 Å². The highest BCUT2D eigenvalue weighted by atomic mass is 16.7. The molecule has 1 heterocycles. The minimum absolute atomic E-state index is 0.187. The van der Waals surface area contributed by atoms with Crippen LogP contribution >= 0.6 is 0 Å². The van der Waals surface area contributed by atoms with Gasteiger partial charge in [0.2, 0.25) is 0 Å². The standard InChI is InChI=1S/C21H23N3O6/c1-27-21-17(23-24-22)19(28-12-14-8-4-2-5-9-14)18(25)16(30-21)13-29-20(26)15-10-6-3-7-11-15/h2-11,16-19,21,25H,12-13H2,1H3/t16?,17?,18?,19-,21-/m0/s1. The zero-order chi connectivity index (χ0) is 21.3. The van der Waals surface area contributed by atoms with Crippen LogP contribution in [0.5, 0.6) is 0 Å². The van der Waals surface area contributed by atoms with Crippen molar-refractivity contribution in [2.45, 2.75) is 37.3 Å². The van der Waals surface area contributed by atoms with Gasteiger partial charge in [0.1, 0.15) is 24.9 Å². The van der Waals surface area contributed by atoms with Gasteiger partial charge in [-0.3, -0.25) is 0 Å². The van der Waals surface area contributed by atoms with Gasteiger partial charge < -0.3 is 24.1 Å². The van der Waals surface area contributed by atoms with Crippen molar-refractivity contribution in [3.05, 3.63) is 82.2 Å². The lowest BCUT2D eigenvalue weighted by Crippen LogP contribution is -2.59. The number of esters is 1. The van der Waals surface area contributed by atoms with Crippen LogP contribution in [-0.4, -0.2) is 55.4 Å². The fraction of sp³-hybridized carbons (Fsp3) is 0.381. The van der Waals surface area contributed by atoms with Gasteiger partial charge in [-0.05, 0) is 23.2 Å². The fourth-order valence-electron chi connectivity index (χ4n) is 3.19. The van der Waals surface area contributed by atoms with E-state index in [4.69, 9.17) is 24.5 Å². The van der Waals surface area contributed by atoms with E-state index in [-0.39, 0.29) is 13.2 Å². The lowest BCUT2D eigenvalue weighted by Gasteiger charge is -2.42. The quantitative estimate of drug-likeness (QED) is 0.307. The zero-order valence-electron chi connectivity index (χ0n) is 16.4. The molecule has 1 saturated heterocycles. The predicted molar refractivity (Wildman–Crippen MR) is 106 cm³/mol. The lowest BCUT2D eigenvalue weighted by atomic mass is 9.97. The summed E-state index contributed by atoms with van der Waals surface area (Å²) in [5.74, 6) is -0.542. The molecule has 158 valence electrons. The highest BCUT2D eigenvalue weighted by molar-refractivity contribution is 5.89. The summed E-state index contributed by atoms with van der Waals surface area (Å²) in [6, 6.07) is 16.9. The van der Waals surface area contributed by atoms with Crippen molar-refractivity contribution in [2.75, 3.05) is 13.7 Å². The third-order valence-electron chi connectivity index (χ3n) is 4.73. The van der Waals surface area contributed by atoms with E-state index in [2.05, 4.69) is 10.0 Å². The number of rotatable bonds is 8. The average molecular weight is 413 g/mol. The second-order valence-corrected chi connectivity index (χ2v) is 6.69. The normalized spacial score (nSPS) is 25.9. The third kappa shape index (κ3) is 5.35. The Balaban J connectivity index is 1.71. The first-order chi connectivity index (χ1) is 14.6. The zero-order valence-corrected chi connectivity index (χ0v) is 16.4. The number of methoxy groups -OCH3 is 1. The Labute approximate surface area is 173 Å². The summed E-state index contributed by atoms with van der Waals surface area (Å²) < 4.78 is 22.2. The Morgan fingerprint density at radius 3 is 2.47 bits per heavy atom. The van der Waals surface area contributed by atoms with E-state index in [0.29, 0.717) is 5.56 Å². The van der Waals surface area contributed by atoms with Crippen LogP contribution < -0.4 is 0 Å². The van der Waals surface area contributed by atoms with Gasteiger partial charge >= 0.3 is 5.97 Å². The van der Waals surface area contributed by atoms with E-state index in [1.165, 1.54) is 7.11 Å². The van der Waals surface area contributed by atoms with Crippen LogP contribution in [0.25, 0.3) is 10.4 Å². The summed E-state index contributed by atoms with van der Waals surface area (Å²) >= 11 is 0. The van der Waals surface area contributed by atoms with Crippen molar-refractivity contribution in [1.82, 2.24) is 0 Å². The van der Waals surface area contributed by atoms with Crippen LogP contribution in [0, 0.1) is 0 Å². The monoisotopic (exact) mass is 413 g/mol. The summed E-state index contributed by atoms with van der Waals surface area (Å²) in [6.07, 6.45) is -4.02. The molecule has 1 fully saturated rings. The molecule has 30 heavy (non-hydrogen) atoms. The molecule has 3 rings (SSSR count). The fourth-order valence-corrected chi connectivity index (χ4v) is 3.19. The van der Waals surface area contributed by atoms with E-state index in [0.717, 1.165) is 5.56 Å². The summed E-state index contributed by atoms with van der Waals surface area (Å²) in [5, 5.41) is 14.5. The van der Waals surface area contributed by atoms with Crippen molar-refractivity contribution < 1.29 is 28.8 Å². The molecule has 0 amide bonds. The number of nitrogens with zero attached hydrogens (tertiary/aromatic N) is 3. The van der Waals surface area contributed by atoms with E-state index in [1.807, 2.05) is 30.3 Å². The predicted octanol–water partition coefficient (Wildman–Crippen LogP) is 2.84. The molecule has 0 radical (unpaired) electrons. The number of carbonyl (C=O) groups is 1. The van der Waals surface area contributed by atoms with Gasteiger partial charge in [0.25, 0.3) is 0 Å². The minimum Gasteiger partial charge on any atom is -0.459 e. The summed E-state index contributed by atoms with van der Waals surface area (Å²) in [4.78, 5) is 15.0. The molecule has 9 nitrogen and oxygen atoms in total. The Kier molecular flexibility index (Phi) is 7.78. The molecule has 0 aromatic heterocycles. The number of azide groups is 1. The highest BCUT2D eigenvalue weighted by Crippen LogP contribution is 2.28. The number of ether oxygens (including phenoxy) is 4. The van der Waals surface area contributed by atoms with Crippen LogP contribution in [0.3, 0.4) is 0 Å². The molecule has 3 unspecified atom stereocenters. The Morgan fingerprint density at radius 1 is 1.17 bits per heavy atom.